The molecule has 0 saturated carbocycles. The molecule has 1 aromatic heterocycles. The Balaban J connectivity index is 0.000000162. The summed E-state index contributed by atoms with van der Waals surface area (Å²) in [6.07, 6.45) is 3.50. The van der Waals surface area contributed by atoms with Crippen LogP contribution < -0.4 is 5.32 Å². The number of nitrogens with zero attached hydrogens (tertiary/aromatic N) is 2. The van der Waals surface area contributed by atoms with Crippen molar-refractivity contribution >= 4 is 15.9 Å². The van der Waals surface area contributed by atoms with Gasteiger partial charge in [-0.2, -0.15) is 0 Å². The highest BCUT2D eigenvalue weighted by atomic mass is 79.9. The standard InChI is InChI=1S/C6H13BrN2.C5H5N/c7-1-4-9-5-2-8-3-6-9;1-2-4-6-5-3-1/h8H,1-6H2;1-5H. The molecular formula is C11H18BrN3. The van der Waals surface area contributed by atoms with Gasteiger partial charge in [-0.15, -0.1) is 0 Å². The lowest BCUT2D eigenvalue weighted by molar-refractivity contribution is 0.255. The maximum atomic E-state index is 3.78. The molecule has 0 radical (unpaired) electrons. The lowest BCUT2D eigenvalue weighted by Gasteiger charge is -2.26. The molecule has 2 heterocycles. The van der Waals surface area contributed by atoms with E-state index in [-0.39, 0.29) is 0 Å². The highest BCUT2D eigenvalue weighted by Gasteiger charge is 2.06. The third-order valence-electron chi connectivity index (χ3n) is 2.18. The molecule has 4 heteroatoms. The normalized spacial score (nSPS) is 16.6. The monoisotopic (exact) mass is 271 g/mol. The molecule has 0 bridgehead atoms. The van der Waals surface area contributed by atoms with E-state index in [0.717, 1.165) is 18.4 Å². The molecule has 84 valence electrons. The Morgan fingerprint density at radius 1 is 1.13 bits per heavy atom. The molecule has 0 atom stereocenters. The first-order chi connectivity index (χ1) is 7.43. The smallest absolute Gasteiger partial charge is 0.0267 e. The number of halogens is 1. The van der Waals surface area contributed by atoms with Crippen molar-refractivity contribution in [1.29, 1.82) is 0 Å². The van der Waals surface area contributed by atoms with Crippen molar-refractivity contribution in [3.05, 3.63) is 30.6 Å². The summed E-state index contributed by atoms with van der Waals surface area (Å²) in [4.78, 5) is 6.25. The minimum Gasteiger partial charge on any atom is -0.314 e. The van der Waals surface area contributed by atoms with Gasteiger partial charge < -0.3 is 5.32 Å². The van der Waals surface area contributed by atoms with Gasteiger partial charge >= 0.3 is 0 Å². The van der Waals surface area contributed by atoms with Crippen molar-refractivity contribution in [2.75, 3.05) is 38.1 Å². The van der Waals surface area contributed by atoms with Crippen LogP contribution in [0.2, 0.25) is 0 Å². The fraction of sp³-hybridized carbons (Fsp3) is 0.545. The number of hydrogen-bond donors (Lipinski definition) is 1. The fourth-order valence-electron chi connectivity index (χ4n) is 1.37. The minimum atomic E-state index is 1.10. The summed E-state index contributed by atoms with van der Waals surface area (Å²) in [5, 5.41) is 4.42. The summed E-state index contributed by atoms with van der Waals surface area (Å²) in [6.45, 7) is 5.94. The maximum Gasteiger partial charge on any atom is 0.0267 e. The molecule has 3 nitrogen and oxygen atoms in total. The van der Waals surface area contributed by atoms with Gasteiger partial charge in [0.15, 0.2) is 0 Å². The van der Waals surface area contributed by atoms with Gasteiger partial charge in [0.25, 0.3) is 0 Å². The predicted molar refractivity (Wildman–Crippen MR) is 67.3 cm³/mol. The second-order valence-electron chi connectivity index (χ2n) is 3.31. The lowest BCUT2D eigenvalue weighted by Crippen LogP contribution is -2.44. The van der Waals surface area contributed by atoms with Gasteiger partial charge in [-0.05, 0) is 12.1 Å². The number of piperazine rings is 1. The van der Waals surface area contributed by atoms with Crippen LogP contribution in [0.15, 0.2) is 30.6 Å². The van der Waals surface area contributed by atoms with E-state index >= 15 is 0 Å². The van der Waals surface area contributed by atoms with Gasteiger partial charge in [0.2, 0.25) is 0 Å². The van der Waals surface area contributed by atoms with E-state index in [1.807, 2.05) is 18.2 Å². The van der Waals surface area contributed by atoms with Crippen LogP contribution in [0.25, 0.3) is 0 Å². The van der Waals surface area contributed by atoms with E-state index in [4.69, 9.17) is 0 Å². The van der Waals surface area contributed by atoms with Crippen molar-refractivity contribution in [1.82, 2.24) is 15.2 Å². The number of pyridine rings is 1. The van der Waals surface area contributed by atoms with Crippen LogP contribution in [0.3, 0.4) is 0 Å². The first-order valence-corrected chi connectivity index (χ1v) is 6.39. The molecule has 2 rings (SSSR count). The summed E-state index contributed by atoms with van der Waals surface area (Å²) in [5.74, 6) is 0. The maximum absolute atomic E-state index is 3.78. The van der Waals surface area contributed by atoms with E-state index < -0.39 is 0 Å². The largest absolute Gasteiger partial charge is 0.314 e. The molecule has 1 aliphatic heterocycles. The van der Waals surface area contributed by atoms with Crippen molar-refractivity contribution in [2.45, 2.75) is 0 Å². The first-order valence-electron chi connectivity index (χ1n) is 5.27. The van der Waals surface area contributed by atoms with E-state index in [2.05, 4.69) is 31.1 Å². The van der Waals surface area contributed by atoms with E-state index in [1.54, 1.807) is 12.4 Å². The molecule has 0 amide bonds. The molecular weight excluding hydrogens is 254 g/mol. The Labute approximate surface area is 100 Å². The van der Waals surface area contributed by atoms with Crippen molar-refractivity contribution in [3.63, 3.8) is 0 Å². The molecule has 0 aromatic carbocycles. The summed E-state index contributed by atoms with van der Waals surface area (Å²) in [6, 6.07) is 5.72. The topological polar surface area (TPSA) is 28.2 Å². The SMILES string of the molecule is BrCCN1CCNCC1.c1ccncc1. The van der Waals surface area contributed by atoms with Gasteiger partial charge in [-0.1, -0.05) is 22.0 Å². The van der Waals surface area contributed by atoms with E-state index in [0.29, 0.717) is 0 Å². The van der Waals surface area contributed by atoms with Crippen LogP contribution in [0, 0.1) is 0 Å². The zero-order valence-electron chi connectivity index (χ0n) is 8.90. The molecule has 1 saturated heterocycles. The molecule has 0 spiro atoms. The third-order valence-corrected chi connectivity index (χ3v) is 2.53. The van der Waals surface area contributed by atoms with Crippen LogP contribution in [-0.4, -0.2) is 47.9 Å². The summed E-state index contributed by atoms with van der Waals surface area (Å²) < 4.78 is 0. The summed E-state index contributed by atoms with van der Waals surface area (Å²) in [7, 11) is 0. The number of aromatic nitrogens is 1. The average Bonchev–Trinajstić information content (AvgIpc) is 2.34. The van der Waals surface area contributed by atoms with Gasteiger partial charge in [0.1, 0.15) is 0 Å². The van der Waals surface area contributed by atoms with Crippen LogP contribution >= 0.6 is 15.9 Å². The van der Waals surface area contributed by atoms with Crippen LogP contribution in [-0.2, 0) is 0 Å². The quantitative estimate of drug-likeness (QED) is 0.824. The summed E-state index contributed by atoms with van der Waals surface area (Å²) >= 11 is 3.42. The highest BCUT2D eigenvalue weighted by molar-refractivity contribution is 9.09. The number of rotatable bonds is 2. The number of hydrogen-bond acceptors (Lipinski definition) is 3. The number of nitrogens with one attached hydrogen (secondary N) is 1. The second-order valence-corrected chi connectivity index (χ2v) is 4.10. The van der Waals surface area contributed by atoms with Crippen LogP contribution in [0.4, 0.5) is 0 Å². The zero-order chi connectivity index (χ0) is 10.8. The van der Waals surface area contributed by atoms with Gasteiger partial charge in [-0.3, -0.25) is 9.88 Å². The Morgan fingerprint density at radius 2 is 1.80 bits per heavy atom. The molecule has 1 aliphatic rings. The fourth-order valence-corrected chi connectivity index (χ4v) is 1.87. The number of alkyl halides is 1. The summed E-state index contributed by atoms with van der Waals surface area (Å²) in [5.41, 5.74) is 0. The van der Waals surface area contributed by atoms with Gasteiger partial charge in [0.05, 0.1) is 0 Å². The minimum absolute atomic E-state index is 1.10. The van der Waals surface area contributed by atoms with E-state index in [1.165, 1.54) is 19.6 Å². The predicted octanol–water partition coefficient (Wildman–Crippen LogP) is 1.37. The molecule has 15 heavy (non-hydrogen) atoms. The molecule has 0 unspecified atom stereocenters. The first kappa shape index (κ1) is 12.6. The van der Waals surface area contributed by atoms with Crippen LogP contribution in [0.5, 0.6) is 0 Å². The zero-order valence-corrected chi connectivity index (χ0v) is 10.5. The second kappa shape index (κ2) is 8.83. The molecule has 1 fully saturated rings. The van der Waals surface area contributed by atoms with Crippen LogP contribution in [0.1, 0.15) is 0 Å². The van der Waals surface area contributed by atoms with Crippen molar-refractivity contribution in [3.8, 4) is 0 Å². The Hall–Kier alpha value is -0.450. The average molecular weight is 272 g/mol. The van der Waals surface area contributed by atoms with E-state index in [9.17, 15) is 0 Å². The highest BCUT2D eigenvalue weighted by Crippen LogP contribution is 1.92. The third kappa shape index (κ3) is 6.60. The van der Waals surface area contributed by atoms with Gasteiger partial charge in [0, 0.05) is 50.4 Å². The Morgan fingerprint density at radius 3 is 2.20 bits per heavy atom. The molecule has 1 aromatic rings. The molecule has 0 aliphatic carbocycles. The lowest BCUT2D eigenvalue weighted by atomic mass is 10.4. The Kier molecular flexibility index (Phi) is 7.42. The van der Waals surface area contributed by atoms with Gasteiger partial charge in [-0.25, -0.2) is 0 Å². The Bertz CT molecular complexity index is 195. The molecule has 1 N–H and O–H groups in total. The van der Waals surface area contributed by atoms with Crippen molar-refractivity contribution < 1.29 is 0 Å². The van der Waals surface area contributed by atoms with Crippen molar-refractivity contribution in [2.24, 2.45) is 0 Å².